The maximum Gasteiger partial charge on any atom is 0.261 e. The summed E-state index contributed by atoms with van der Waals surface area (Å²) in [5.74, 6) is -0.332. The molecule has 0 unspecified atom stereocenters. The molecule has 5 nitrogen and oxygen atoms in total. The summed E-state index contributed by atoms with van der Waals surface area (Å²) in [6, 6.07) is 8.94. The lowest BCUT2D eigenvalue weighted by Gasteiger charge is -2.30. The highest BCUT2D eigenvalue weighted by atomic mass is 79.9. The molecule has 29 heavy (non-hydrogen) atoms. The molecular formula is C22H26BrFN2O3. The van der Waals surface area contributed by atoms with E-state index in [0.717, 1.165) is 21.2 Å². The van der Waals surface area contributed by atoms with Gasteiger partial charge in [-0.1, -0.05) is 35.0 Å². The smallest absolute Gasteiger partial charge is 0.261 e. The topological polar surface area (TPSA) is 58.6 Å². The third kappa shape index (κ3) is 6.03. The average Bonchev–Trinajstić information content (AvgIpc) is 2.71. The zero-order valence-corrected chi connectivity index (χ0v) is 18.7. The number of benzene rings is 2. The monoisotopic (exact) mass is 464 g/mol. The summed E-state index contributed by atoms with van der Waals surface area (Å²) in [6.45, 7) is 5.73. The van der Waals surface area contributed by atoms with Crippen molar-refractivity contribution in [2.75, 3.05) is 13.7 Å². The Labute approximate surface area is 179 Å². The fourth-order valence-electron chi connectivity index (χ4n) is 3.09. The number of likely N-dealkylation sites (N-methyl/N-ethyl adjacent to an activating group) is 1. The molecule has 2 rings (SSSR count). The van der Waals surface area contributed by atoms with Crippen LogP contribution in [0.5, 0.6) is 5.75 Å². The number of aryl methyl sites for hydroxylation is 2. The van der Waals surface area contributed by atoms with Crippen molar-refractivity contribution in [2.24, 2.45) is 0 Å². The molecule has 0 bridgehead atoms. The number of nitrogens with zero attached hydrogens (tertiary/aromatic N) is 1. The molecule has 0 saturated heterocycles. The fraction of sp³-hybridized carbons (Fsp3) is 0.364. The van der Waals surface area contributed by atoms with Crippen molar-refractivity contribution in [3.63, 3.8) is 0 Å². The maximum atomic E-state index is 13.2. The lowest BCUT2D eigenvalue weighted by molar-refractivity contribution is -0.142. The van der Waals surface area contributed by atoms with Crippen LogP contribution in [0.25, 0.3) is 0 Å². The summed E-state index contributed by atoms with van der Waals surface area (Å²) in [7, 11) is 1.54. The zero-order valence-electron chi connectivity index (χ0n) is 17.1. The van der Waals surface area contributed by atoms with Crippen LogP contribution < -0.4 is 10.1 Å². The van der Waals surface area contributed by atoms with E-state index in [0.29, 0.717) is 12.2 Å². The summed E-state index contributed by atoms with van der Waals surface area (Å²) in [5.41, 5.74) is 2.75. The Bertz CT molecular complexity index is 848. The molecule has 2 amide bonds. The van der Waals surface area contributed by atoms with Crippen molar-refractivity contribution in [1.82, 2.24) is 10.2 Å². The average molecular weight is 465 g/mol. The van der Waals surface area contributed by atoms with E-state index >= 15 is 0 Å². The van der Waals surface area contributed by atoms with Gasteiger partial charge in [-0.15, -0.1) is 0 Å². The second kappa shape index (κ2) is 10.4. The summed E-state index contributed by atoms with van der Waals surface area (Å²) < 4.78 is 20.0. The normalized spacial score (nSPS) is 11.7. The van der Waals surface area contributed by atoms with Gasteiger partial charge in [-0.25, -0.2) is 4.39 Å². The van der Waals surface area contributed by atoms with Gasteiger partial charge in [0.15, 0.2) is 6.61 Å². The Morgan fingerprint density at radius 2 is 1.76 bits per heavy atom. The van der Waals surface area contributed by atoms with Crippen LogP contribution in [0, 0.1) is 19.7 Å². The highest BCUT2D eigenvalue weighted by Gasteiger charge is 2.28. The first-order valence-corrected chi connectivity index (χ1v) is 10.2. The minimum Gasteiger partial charge on any atom is -0.484 e. The molecule has 0 spiro atoms. The van der Waals surface area contributed by atoms with E-state index in [4.69, 9.17) is 4.74 Å². The van der Waals surface area contributed by atoms with Crippen molar-refractivity contribution in [3.05, 3.63) is 63.4 Å². The predicted molar refractivity (Wildman–Crippen MR) is 114 cm³/mol. The van der Waals surface area contributed by atoms with Crippen molar-refractivity contribution < 1.29 is 18.7 Å². The molecule has 0 radical (unpaired) electrons. The number of carbonyl (C=O) groups is 2. The van der Waals surface area contributed by atoms with Crippen molar-refractivity contribution in [3.8, 4) is 5.75 Å². The van der Waals surface area contributed by atoms with Crippen LogP contribution in [0.3, 0.4) is 0 Å². The van der Waals surface area contributed by atoms with Gasteiger partial charge < -0.3 is 15.0 Å². The number of amides is 2. The second-order valence-corrected chi connectivity index (χ2v) is 7.64. The van der Waals surface area contributed by atoms with Crippen molar-refractivity contribution in [2.45, 2.75) is 39.8 Å². The highest BCUT2D eigenvalue weighted by molar-refractivity contribution is 9.10. The van der Waals surface area contributed by atoms with Gasteiger partial charge in [-0.05, 0) is 61.2 Å². The number of ether oxygens (including phenoxy) is 1. The highest BCUT2D eigenvalue weighted by Crippen LogP contribution is 2.26. The van der Waals surface area contributed by atoms with Crippen LogP contribution >= 0.6 is 15.9 Å². The Hall–Kier alpha value is -2.41. The third-order valence-electron chi connectivity index (χ3n) is 4.67. The number of nitrogens with one attached hydrogen (secondary N) is 1. The molecule has 2 aromatic carbocycles. The van der Waals surface area contributed by atoms with Crippen LogP contribution in [0.15, 0.2) is 40.9 Å². The Balaban J connectivity index is 2.21. The van der Waals surface area contributed by atoms with Gasteiger partial charge in [-0.3, -0.25) is 9.59 Å². The van der Waals surface area contributed by atoms with Gasteiger partial charge in [0.05, 0.1) is 0 Å². The molecule has 0 aliphatic heterocycles. The third-order valence-corrected chi connectivity index (χ3v) is 5.92. The minimum atomic E-state index is -0.644. The number of rotatable bonds is 8. The van der Waals surface area contributed by atoms with Gasteiger partial charge >= 0.3 is 0 Å². The molecule has 1 N–H and O–H groups in total. The van der Waals surface area contributed by atoms with E-state index in [1.807, 2.05) is 32.9 Å². The quantitative estimate of drug-likeness (QED) is 0.638. The Morgan fingerprint density at radius 1 is 1.17 bits per heavy atom. The Morgan fingerprint density at radius 3 is 2.28 bits per heavy atom. The number of hydrogen-bond acceptors (Lipinski definition) is 3. The minimum absolute atomic E-state index is 0.187. The van der Waals surface area contributed by atoms with Gasteiger partial charge in [0.25, 0.3) is 5.91 Å². The van der Waals surface area contributed by atoms with Crippen LogP contribution in [-0.2, 0) is 16.1 Å². The molecule has 0 saturated carbocycles. The maximum absolute atomic E-state index is 13.2. The molecule has 7 heteroatoms. The van der Waals surface area contributed by atoms with Gasteiger partial charge in [0.2, 0.25) is 5.91 Å². The largest absolute Gasteiger partial charge is 0.484 e. The van der Waals surface area contributed by atoms with Crippen LogP contribution in [0.1, 0.15) is 30.0 Å². The van der Waals surface area contributed by atoms with Crippen LogP contribution in [0.2, 0.25) is 0 Å². The standard InChI is InChI=1S/C22H26BrFN2O3/c1-5-19(22(28)25-4)26(12-16-6-8-17(24)9-7-16)20(27)13-29-18-10-14(2)21(23)15(3)11-18/h6-11,19H,5,12-13H2,1-4H3,(H,25,28)/t19-/m1/s1. The van der Waals surface area contributed by atoms with E-state index in [1.54, 1.807) is 12.1 Å². The molecule has 0 fully saturated rings. The fourth-order valence-corrected chi connectivity index (χ4v) is 3.32. The number of carbonyl (C=O) groups excluding carboxylic acids is 2. The first-order chi connectivity index (χ1) is 13.8. The summed E-state index contributed by atoms with van der Waals surface area (Å²) in [6.07, 6.45) is 0.448. The molecule has 156 valence electrons. The molecular weight excluding hydrogens is 439 g/mol. The Kier molecular flexibility index (Phi) is 8.20. The summed E-state index contributed by atoms with van der Waals surface area (Å²) >= 11 is 3.51. The van der Waals surface area contributed by atoms with Gasteiger partial charge in [0.1, 0.15) is 17.6 Å². The van der Waals surface area contributed by atoms with Gasteiger partial charge in [0, 0.05) is 18.1 Å². The molecule has 0 heterocycles. The number of halogens is 2. The summed E-state index contributed by atoms with van der Waals surface area (Å²) in [5, 5.41) is 2.60. The molecule has 0 aromatic heterocycles. The lowest BCUT2D eigenvalue weighted by atomic mass is 10.1. The first-order valence-electron chi connectivity index (χ1n) is 9.41. The van der Waals surface area contributed by atoms with Crippen LogP contribution in [0.4, 0.5) is 4.39 Å². The van der Waals surface area contributed by atoms with Crippen molar-refractivity contribution in [1.29, 1.82) is 0 Å². The second-order valence-electron chi connectivity index (χ2n) is 6.85. The lowest BCUT2D eigenvalue weighted by Crippen LogP contribution is -2.49. The van der Waals surface area contributed by atoms with E-state index in [2.05, 4.69) is 21.2 Å². The SMILES string of the molecule is CC[C@H](C(=O)NC)N(Cc1ccc(F)cc1)C(=O)COc1cc(C)c(Br)c(C)c1. The van der Waals surface area contributed by atoms with Gasteiger partial charge in [-0.2, -0.15) is 0 Å². The van der Waals surface area contributed by atoms with E-state index in [-0.39, 0.29) is 30.8 Å². The molecule has 0 aliphatic rings. The molecule has 2 aromatic rings. The molecule has 0 aliphatic carbocycles. The van der Waals surface area contributed by atoms with Crippen LogP contribution in [-0.4, -0.2) is 36.4 Å². The predicted octanol–water partition coefficient (Wildman–Crippen LogP) is 4.14. The molecule has 1 atom stereocenters. The zero-order chi connectivity index (χ0) is 21.6. The van der Waals surface area contributed by atoms with E-state index in [9.17, 15) is 14.0 Å². The summed E-state index contributed by atoms with van der Waals surface area (Å²) in [4.78, 5) is 26.8. The van der Waals surface area contributed by atoms with Crippen molar-refractivity contribution >= 4 is 27.7 Å². The first kappa shape index (κ1) is 22.9. The van der Waals surface area contributed by atoms with E-state index in [1.165, 1.54) is 24.1 Å². The number of hydrogen-bond donors (Lipinski definition) is 1. The van der Waals surface area contributed by atoms with E-state index < -0.39 is 6.04 Å².